The van der Waals surface area contributed by atoms with Crippen molar-refractivity contribution in [1.29, 1.82) is 0 Å². The van der Waals surface area contributed by atoms with Gasteiger partial charge in [0.15, 0.2) is 16.7 Å². The fraction of sp³-hybridized carbons (Fsp3) is 0.120. The summed E-state index contributed by atoms with van der Waals surface area (Å²) in [5.74, 6) is 1.78. The number of nitrogens with one attached hydrogen (secondary N) is 1. The van der Waals surface area contributed by atoms with Gasteiger partial charge in [0, 0.05) is 5.02 Å². The fourth-order valence-electron chi connectivity index (χ4n) is 3.11. The maximum absolute atomic E-state index is 12.5. The molecule has 0 radical (unpaired) electrons. The minimum atomic E-state index is -0.200. The van der Waals surface area contributed by atoms with Crippen molar-refractivity contribution in [3.8, 4) is 17.2 Å². The van der Waals surface area contributed by atoms with E-state index in [1.807, 2.05) is 66.7 Å². The van der Waals surface area contributed by atoms with E-state index in [0.29, 0.717) is 33.2 Å². The lowest BCUT2D eigenvalue weighted by atomic mass is 10.2. The Morgan fingerprint density at radius 3 is 2.47 bits per heavy atom. The van der Waals surface area contributed by atoms with Gasteiger partial charge in [-0.1, -0.05) is 23.7 Å². The lowest BCUT2D eigenvalue weighted by Gasteiger charge is -2.14. The topological polar surface area (TPSA) is 69.2 Å². The van der Waals surface area contributed by atoms with Crippen LogP contribution in [0, 0.1) is 3.57 Å². The van der Waals surface area contributed by atoms with Crippen LogP contribution in [-0.2, 0) is 11.4 Å². The standard InChI is InChI=1S/C25H20ClIN2O4S/c1-31-19-9-7-18(8-10-19)28-25-29-24(30)22(34-25)13-16-11-20(27)23(21(12-16)32-2)33-14-15-3-5-17(26)6-4-15/h3-13H,14H2,1-2H3,(H,28,29,30)/b22-13-. The number of amides is 1. The molecule has 0 spiro atoms. The second kappa shape index (κ2) is 11.2. The van der Waals surface area contributed by atoms with Crippen LogP contribution in [0.5, 0.6) is 17.2 Å². The summed E-state index contributed by atoms with van der Waals surface area (Å²) in [7, 11) is 3.20. The number of rotatable bonds is 7. The molecule has 0 unspecified atom stereocenters. The van der Waals surface area contributed by atoms with E-state index in [-0.39, 0.29) is 5.91 Å². The molecule has 1 fully saturated rings. The number of nitrogens with zero attached hydrogens (tertiary/aromatic N) is 1. The van der Waals surface area contributed by atoms with E-state index < -0.39 is 0 Å². The first-order chi connectivity index (χ1) is 16.4. The fourth-order valence-corrected chi connectivity index (χ4v) is 4.85. The van der Waals surface area contributed by atoms with Gasteiger partial charge in [-0.2, -0.15) is 0 Å². The summed E-state index contributed by atoms with van der Waals surface area (Å²) in [5.41, 5.74) is 2.54. The maximum atomic E-state index is 12.5. The average Bonchev–Trinajstić information content (AvgIpc) is 3.17. The zero-order valence-corrected chi connectivity index (χ0v) is 22.0. The number of carbonyl (C=O) groups excluding carboxylic acids is 1. The number of amidine groups is 1. The van der Waals surface area contributed by atoms with Crippen molar-refractivity contribution in [1.82, 2.24) is 5.32 Å². The van der Waals surface area contributed by atoms with Crippen molar-refractivity contribution in [3.05, 3.63) is 85.3 Å². The van der Waals surface area contributed by atoms with E-state index in [0.717, 1.165) is 26.1 Å². The van der Waals surface area contributed by atoms with Gasteiger partial charge in [0.05, 0.1) is 28.4 Å². The van der Waals surface area contributed by atoms with Crippen molar-refractivity contribution in [3.63, 3.8) is 0 Å². The molecule has 0 atom stereocenters. The summed E-state index contributed by atoms with van der Waals surface area (Å²) in [4.78, 5) is 17.5. The smallest absolute Gasteiger partial charge is 0.264 e. The SMILES string of the molecule is COc1ccc(N=C2NC(=O)/C(=C/c3cc(I)c(OCc4ccc(Cl)cc4)c(OC)c3)S2)cc1. The number of halogens is 2. The van der Waals surface area contributed by atoms with Crippen molar-refractivity contribution in [2.24, 2.45) is 4.99 Å². The predicted molar refractivity (Wildman–Crippen MR) is 145 cm³/mol. The number of aliphatic imine (C=N–C) groups is 1. The van der Waals surface area contributed by atoms with E-state index >= 15 is 0 Å². The van der Waals surface area contributed by atoms with Gasteiger partial charge < -0.3 is 19.5 Å². The zero-order valence-electron chi connectivity index (χ0n) is 18.3. The molecule has 0 bridgehead atoms. The van der Waals surface area contributed by atoms with Gasteiger partial charge in [0.2, 0.25) is 0 Å². The van der Waals surface area contributed by atoms with Crippen LogP contribution in [0.3, 0.4) is 0 Å². The van der Waals surface area contributed by atoms with Gasteiger partial charge >= 0.3 is 0 Å². The largest absolute Gasteiger partial charge is 0.497 e. The quantitative estimate of drug-likeness (QED) is 0.248. The van der Waals surface area contributed by atoms with Crippen LogP contribution in [-0.4, -0.2) is 25.3 Å². The summed E-state index contributed by atoms with van der Waals surface area (Å²) in [6, 6.07) is 18.6. The Labute approximate surface area is 220 Å². The Hall–Kier alpha value is -2.69. The lowest BCUT2D eigenvalue weighted by molar-refractivity contribution is -0.115. The molecule has 1 heterocycles. The highest BCUT2D eigenvalue weighted by Crippen LogP contribution is 2.36. The molecular weight excluding hydrogens is 587 g/mol. The predicted octanol–water partition coefficient (Wildman–Crippen LogP) is 6.43. The van der Waals surface area contributed by atoms with E-state index in [1.54, 1.807) is 14.2 Å². The molecule has 1 aliphatic rings. The molecule has 34 heavy (non-hydrogen) atoms. The third-order valence-electron chi connectivity index (χ3n) is 4.80. The van der Waals surface area contributed by atoms with E-state index in [2.05, 4.69) is 32.9 Å². The lowest BCUT2D eigenvalue weighted by Crippen LogP contribution is -2.19. The first kappa shape index (κ1) is 24.4. The third-order valence-corrected chi connectivity index (χ3v) is 6.76. The summed E-state index contributed by atoms with van der Waals surface area (Å²) in [5, 5.41) is 4.00. The highest BCUT2D eigenvalue weighted by atomic mass is 127. The molecule has 6 nitrogen and oxygen atoms in total. The van der Waals surface area contributed by atoms with Crippen molar-refractivity contribution in [2.75, 3.05) is 14.2 Å². The Bertz CT molecular complexity index is 1260. The number of hydrogen-bond acceptors (Lipinski definition) is 6. The zero-order chi connectivity index (χ0) is 24.1. The van der Waals surface area contributed by atoms with Crippen LogP contribution in [0.2, 0.25) is 5.02 Å². The van der Waals surface area contributed by atoms with E-state index in [9.17, 15) is 4.79 Å². The molecule has 0 aromatic heterocycles. The van der Waals surface area contributed by atoms with Crippen LogP contribution in [0.15, 0.2) is 70.6 Å². The van der Waals surface area contributed by atoms with Gasteiger partial charge in [0.25, 0.3) is 5.91 Å². The summed E-state index contributed by atoms with van der Waals surface area (Å²) in [6.07, 6.45) is 1.81. The Balaban J connectivity index is 1.51. The molecule has 9 heteroatoms. The number of ether oxygens (including phenoxy) is 3. The van der Waals surface area contributed by atoms with Crippen LogP contribution >= 0.6 is 46.0 Å². The molecule has 4 rings (SSSR count). The number of benzene rings is 3. The molecule has 1 amide bonds. The van der Waals surface area contributed by atoms with E-state index in [1.165, 1.54) is 11.8 Å². The van der Waals surface area contributed by atoms with Crippen LogP contribution in [0.4, 0.5) is 5.69 Å². The van der Waals surface area contributed by atoms with Gasteiger partial charge in [0.1, 0.15) is 12.4 Å². The van der Waals surface area contributed by atoms with Gasteiger partial charge in [-0.05, 0) is 100 Å². The first-order valence-electron chi connectivity index (χ1n) is 10.1. The average molecular weight is 607 g/mol. The summed E-state index contributed by atoms with van der Waals surface area (Å²) < 4.78 is 17.6. The highest BCUT2D eigenvalue weighted by molar-refractivity contribution is 14.1. The monoisotopic (exact) mass is 606 g/mol. The Morgan fingerprint density at radius 2 is 1.79 bits per heavy atom. The minimum absolute atomic E-state index is 0.200. The Morgan fingerprint density at radius 1 is 1.06 bits per heavy atom. The normalized spacial score (nSPS) is 15.5. The van der Waals surface area contributed by atoms with Crippen LogP contribution in [0.1, 0.15) is 11.1 Å². The molecular formula is C25H20ClIN2O4S. The minimum Gasteiger partial charge on any atom is -0.497 e. The van der Waals surface area contributed by atoms with Crippen molar-refractivity contribution in [2.45, 2.75) is 6.61 Å². The number of methoxy groups -OCH3 is 2. The number of carbonyl (C=O) groups is 1. The highest BCUT2D eigenvalue weighted by Gasteiger charge is 2.24. The Kier molecular flexibility index (Phi) is 8.02. The third kappa shape index (κ3) is 6.05. The molecule has 1 saturated heterocycles. The molecule has 174 valence electrons. The molecule has 0 saturated carbocycles. The van der Waals surface area contributed by atoms with Crippen molar-refractivity contribution < 1.29 is 19.0 Å². The second-order valence-corrected chi connectivity index (χ2v) is 9.76. The van der Waals surface area contributed by atoms with Gasteiger partial charge in [-0.3, -0.25) is 4.79 Å². The molecule has 1 aliphatic heterocycles. The van der Waals surface area contributed by atoms with Crippen LogP contribution < -0.4 is 19.5 Å². The van der Waals surface area contributed by atoms with Gasteiger partial charge in [-0.15, -0.1) is 0 Å². The molecule has 3 aromatic rings. The van der Waals surface area contributed by atoms with Crippen LogP contribution in [0.25, 0.3) is 6.08 Å². The second-order valence-electron chi connectivity index (χ2n) is 7.13. The molecule has 3 aromatic carbocycles. The number of thioether (sulfide) groups is 1. The summed E-state index contributed by atoms with van der Waals surface area (Å²) in [6.45, 7) is 0.382. The number of hydrogen-bond donors (Lipinski definition) is 1. The first-order valence-corrected chi connectivity index (χ1v) is 12.4. The van der Waals surface area contributed by atoms with Gasteiger partial charge in [-0.25, -0.2) is 4.99 Å². The van der Waals surface area contributed by atoms with E-state index in [4.69, 9.17) is 25.8 Å². The molecule has 0 aliphatic carbocycles. The molecule has 1 N–H and O–H groups in total. The van der Waals surface area contributed by atoms with Crippen molar-refractivity contribution >= 4 is 68.8 Å². The summed E-state index contributed by atoms with van der Waals surface area (Å²) >= 11 is 9.44. The maximum Gasteiger partial charge on any atom is 0.264 e.